The number of hydrogen-bond donors (Lipinski definition) is 2. The Balaban J connectivity index is 1.67. The number of hydrogen-bond acceptors (Lipinski definition) is 2. The topological polar surface area (TPSA) is 41.9 Å². The highest BCUT2D eigenvalue weighted by Gasteiger charge is 2.26. The molecule has 0 aliphatic heterocycles. The van der Waals surface area contributed by atoms with Crippen molar-refractivity contribution in [1.82, 2.24) is 15.1 Å². The van der Waals surface area contributed by atoms with Gasteiger partial charge in [-0.3, -0.25) is 4.68 Å². The first-order valence-electron chi connectivity index (χ1n) is 8.48. The zero-order valence-electron chi connectivity index (χ0n) is 14.2. The minimum absolute atomic E-state index is 0.286. The van der Waals surface area contributed by atoms with E-state index in [0.717, 1.165) is 30.4 Å². The molecule has 0 atom stereocenters. The zero-order valence-corrected chi connectivity index (χ0v) is 15.0. The number of anilines is 1. The van der Waals surface area contributed by atoms with Gasteiger partial charge in [0.15, 0.2) is 34.2 Å². The minimum Gasteiger partial charge on any atom is -0.360 e. The van der Waals surface area contributed by atoms with E-state index >= 15 is 0 Å². The monoisotopic (exact) mass is 404 g/mol. The molecule has 1 aliphatic carbocycles. The van der Waals surface area contributed by atoms with Crippen LogP contribution in [0.3, 0.4) is 0 Å². The normalized spacial score (nSPS) is 15.0. The maximum Gasteiger partial charge on any atom is 0.200 e. The van der Waals surface area contributed by atoms with Crippen molar-refractivity contribution in [3.8, 4) is 0 Å². The lowest BCUT2D eigenvalue weighted by molar-refractivity contribution is 0.367. The molecule has 3 rings (SSSR count). The Bertz CT molecular complexity index is 819. The van der Waals surface area contributed by atoms with E-state index in [2.05, 4.69) is 15.7 Å². The van der Waals surface area contributed by atoms with Crippen LogP contribution in [0, 0.1) is 29.1 Å². The van der Waals surface area contributed by atoms with E-state index in [1.54, 1.807) is 0 Å². The third-order valence-electron chi connectivity index (χ3n) is 4.44. The molecule has 1 aromatic carbocycles. The first-order valence-corrected chi connectivity index (χ1v) is 8.89. The van der Waals surface area contributed by atoms with Gasteiger partial charge < -0.3 is 10.6 Å². The van der Waals surface area contributed by atoms with Crippen LogP contribution in [0.2, 0.25) is 0 Å². The van der Waals surface area contributed by atoms with Crippen molar-refractivity contribution in [2.75, 3.05) is 5.32 Å². The molecular formula is C17H17F5N4S. The molecule has 0 amide bonds. The van der Waals surface area contributed by atoms with Gasteiger partial charge in [0.2, 0.25) is 5.82 Å². The quantitative estimate of drug-likeness (QED) is 0.346. The Morgan fingerprint density at radius 3 is 2.22 bits per heavy atom. The van der Waals surface area contributed by atoms with E-state index in [1.807, 2.05) is 0 Å². The summed E-state index contributed by atoms with van der Waals surface area (Å²) in [7, 11) is 0. The molecule has 2 N–H and O–H groups in total. The highest BCUT2D eigenvalue weighted by molar-refractivity contribution is 7.80. The molecule has 0 saturated heterocycles. The lowest BCUT2D eigenvalue weighted by Gasteiger charge is -2.24. The van der Waals surface area contributed by atoms with Gasteiger partial charge in [0, 0.05) is 18.3 Å². The van der Waals surface area contributed by atoms with Crippen molar-refractivity contribution < 1.29 is 22.0 Å². The summed E-state index contributed by atoms with van der Waals surface area (Å²) in [6.45, 7) is -0.615. The van der Waals surface area contributed by atoms with Crippen LogP contribution in [0.1, 0.15) is 37.7 Å². The molecule has 1 heterocycles. The lowest BCUT2D eigenvalue weighted by atomic mass is 9.96. The molecule has 0 radical (unpaired) electrons. The first kappa shape index (κ1) is 19.5. The number of halogens is 5. The van der Waals surface area contributed by atoms with E-state index in [1.165, 1.54) is 18.7 Å². The number of aromatic nitrogens is 2. The number of benzene rings is 1. The molecule has 4 nitrogen and oxygen atoms in total. The third-order valence-corrected chi connectivity index (χ3v) is 4.66. The van der Waals surface area contributed by atoms with E-state index in [9.17, 15) is 22.0 Å². The zero-order chi connectivity index (χ0) is 19.6. The highest BCUT2D eigenvalue weighted by Crippen LogP contribution is 2.24. The third kappa shape index (κ3) is 4.37. The second kappa shape index (κ2) is 8.20. The summed E-state index contributed by atoms with van der Waals surface area (Å²) < 4.78 is 68.2. The first-order chi connectivity index (χ1) is 12.9. The van der Waals surface area contributed by atoms with Crippen molar-refractivity contribution >= 4 is 23.1 Å². The van der Waals surface area contributed by atoms with Crippen LogP contribution in [0.25, 0.3) is 0 Å². The second-order valence-electron chi connectivity index (χ2n) is 6.38. The Morgan fingerprint density at radius 1 is 1.00 bits per heavy atom. The van der Waals surface area contributed by atoms with Gasteiger partial charge in [0.05, 0.1) is 12.1 Å². The molecule has 1 aromatic heterocycles. The Kier molecular flexibility index (Phi) is 5.93. The van der Waals surface area contributed by atoms with E-state index in [0.29, 0.717) is 10.9 Å². The SMILES string of the molecule is Fc1c(F)c(F)c(Cn2ccc(NC(=S)NC3CCCCC3)n2)c(F)c1F. The summed E-state index contributed by atoms with van der Waals surface area (Å²) >= 11 is 5.21. The van der Waals surface area contributed by atoms with Crippen LogP contribution >= 0.6 is 12.2 Å². The summed E-state index contributed by atoms with van der Waals surface area (Å²) in [6.07, 6.45) is 6.88. The maximum atomic E-state index is 13.8. The fourth-order valence-electron chi connectivity index (χ4n) is 3.05. The van der Waals surface area contributed by atoms with Crippen molar-refractivity contribution in [3.63, 3.8) is 0 Å². The van der Waals surface area contributed by atoms with Gasteiger partial charge in [-0.1, -0.05) is 19.3 Å². The summed E-state index contributed by atoms with van der Waals surface area (Å²) in [5.74, 6) is -9.58. The second-order valence-corrected chi connectivity index (χ2v) is 6.79. The summed E-state index contributed by atoms with van der Waals surface area (Å²) in [4.78, 5) is 0. The molecule has 10 heteroatoms. The van der Waals surface area contributed by atoms with Crippen LogP contribution in [0.5, 0.6) is 0 Å². The van der Waals surface area contributed by atoms with Gasteiger partial charge in [-0.15, -0.1) is 0 Å². The van der Waals surface area contributed by atoms with Crippen molar-refractivity contribution in [2.24, 2.45) is 0 Å². The average molecular weight is 404 g/mol. The van der Waals surface area contributed by atoms with Gasteiger partial charge in [-0.25, -0.2) is 22.0 Å². The summed E-state index contributed by atoms with van der Waals surface area (Å²) in [5.41, 5.74) is -0.955. The molecule has 1 saturated carbocycles. The Labute approximate surface area is 157 Å². The maximum absolute atomic E-state index is 13.8. The molecule has 27 heavy (non-hydrogen) atoms. The van der Waals surface area contributed by atoms with Crippen LogP contribution in [-0.4, -0.2) is 20.9 Å². The Hall–Kier alpha value is -2.23. The van der Waals surface area contributed by atoms with Crippen molar-refractivity contribution in [2.45, 2.75) is 44.7 Å². The summed E-state index contributed by atoms with van der Waals surface area (Å²) in [5, 5.41) is 10.4. The van der Waals surface area contributed by atoms with Gasteiger partial charge in [0.25, 0.3) is 0 Å². The molecule has 2 aromatic rings. The smallest absolute Gasteiger partial charge is 0.200 e. The van der Waals surface area contributed by atoms with Crippen molar-refractivity contribution in [3.05, 3.63) is 46.9 Å². The molecule has 0 bridgehead atoms. The fraction of sp³-hybridized carbons (Fsp3) is 0.412. The van der Waals surface area contributed by atoms with Crippen LogP contribution in [0.15, 0.2) is 12.3 Å². The predicted molar refractivity (Wildman–Crippen MR) is 93.8 cm³/mol. The number of thiocarbonyl (C=S) groups is 1. The average Bonchev–Trinajstić information content (AvgIpc) is 3.09. The van der Waals surface area contributed by atoms with Crippen LogP contribution in [0.4, 0.5) is 27.8 Å². The van der Waals surface area contributed by atoms with Gasteiger partial charge in [0.1, 0.15) is 0 Å². The van der Waals surface area contributed by atoms with Gasteiger partial charge in [-0.2, -0.15) is 5.10 Å². The van der Waals surface area contributed by atoms with E-state index in [-0.39, 0.29) is 6.04 Å². The van der Waals surface area contributed by atoms with Gasteiger partial charge in [-0.05, 0) is 25.1 Å². The molecule has 0 spiro atoms. The molecule has 1 fully saturated rings. The largest absolute Gasteiger partial charge is 0.360 e. The minimum atomic E-state index is -2.18. The lowest BCUT2D eigenvalue weighted by Crippen LogP contribution is -2.38. The van der Waals surface area contributed by atoms with E-state index < -0.39 is 41.2 Å². The van der Waals surface area contributed by atoms with Crippen molar-refractivity contribution in [1.29, 1.82) is 0 Å². The predicted octanol–water partition coefficient (Wildman–Crippen LogP) is 4.25. The highest BCUT2D eigenvalue weighted by atomic mass is 32.1. The van der Waals surface area contributed by atoms with E-state index in [4.69, 9.17) is 12.2 Å². The number of nitrogens with one attached hydrogen (secondary N) is 2. The molecular weight excluding hydrogens is 387 g/mol. The molecule has 146 valence electrons. The van der Waals surface area contributed by atoms with Crippen LogP contribution < -0.4 is 10.6 Å². The Morgan fingerprint density at radius 2 is 1.59 bits per heavy atom. The number of rotatable bonds is 4. The van der Waals surface area contributed by atoms with Crippen LogP contribution in [-0.2, 0) is 6.54 Å². The molecule has 0 unspecified atom stereocenters. The summed E-state index contributed by atoms with van der Waals surface area (Å²) in [6, 6.07) is 1.77. The fourth-order valence-corrected chi connectivity index (χ4v) is 3.32. The van der Waals surface area contributed by atoms with Gasteiger partial charge >= 0.3 is 0 Å². The molecule has 1 aliphatic rings. The standard InChI is InChI=1S/C17H17F5N4S/c18-12-10(13(19)15(21)16(22)14(12)20)8-26-7-6-11(25-26)24-17(27)23-9-4-2-1-3-5-9/h6-7,9H,1-5,8H2,(H2,23,24,25,27). The number of nitrogens with zero attached hydrogens (tertiary/aromatic N) is 2.